The van der Waals surface area contributed by atoms with Gasteiger partial charge in [-0.15, -0.1) is 0 Å². The number of rotatable bonds is 5. The van der Waals surface area contributed by atoms with Gasteiger partial charge in [-0.2, -0.15) is 0 Å². The Labute approximate surface area is 96.7 Å². The van der Waals surface area contributed by atoms with Gasteiger partial charge in [-0.1, -0.05) is 20.8 Å². The maximum atomic E-state index is 11.4. The Morgan fingerprint density at radius 3 is 2.38 bits per heavy atom. The number of carbonyl (C=O) groups excluding carboxylic acids is 2. The number of esters is 1. The second-order valence-corrected chi connectivity index (χ2v) is 5.08. The third-order valence-corrected chi connectivity index (χ3v) is 1.98. The summed E-state index contributed by atoms with van der Waals surface area (Å²) < 4.78 is 4.40. The van der Waals surface area contributed by atoms with Crippen molar-refractivity contribution in [3.63, 3.8) is 0 Å². The molecule has 0 saturated heterocycles. The first-order valence-corrected chi connectivity index (χ1v) is 5.33. The monoisotopic (exact) mass is 230 g/mol. The van der Waals surface area contributed by atoms with E-state index in [0.29, 0.717) is 0 Å². The fourth-order valence-corrected chi connectivity index (χ4v) is 1.41. The molecule has 0 fully saturated rings. The van der Waals surface area contributed by atoms with Crippen LogP contribution in [0.15, 0.2) is 0 Å². The zero-order chi connectivity index (χ0) is 12.8. The highest BCUT2D eigenvalue weighted by atomic mass is 16.5. The van der Waals surface area contributed by atoms with E-state index < -0.39 is 5.97 Å². The molecule has 0 aliphatic heterocycles. The predicted octanol–water partition coefficient (Wildman–Crippen LogP) is 0.429. The summed E-state index contributed by atoms with van der Waals surface area (Å²) in [4.78, 5) is 22.1. The fourth-order valence-electron chi connectivity index (χ4n) is 1.41. The van der Waals surface area contributed by atoms with Crippen LogP contribution in [0.4, 0.5) is 0 Å². The number of nitrogens with two attached hydrogens (primary N) is 1. The summed E-state index contributed by atoms with van der Waals surface area (Å²) >= 11 is 0. The molecule has 0 aliphatic carbocycles. The molecule has 0 heterocycles. The summed E-state index contributed by atoms with van der Waals surface area (Å²) in [7, 11) is 1.28. The lowest BCUT2D eigenvalue weighted by atomic mass is 9.87. The third-order valence-electron chi connectivity index (χ3n) is 1.98. The first kappa shape index (κ1) is 14.9. The van der Waals surface area contributed by atoms with Crippen molar-refractivity contribution in [2.45, 2.75) is 39.7 Å². The lowest BCUT2D eigenvalue weighted by molar-refractivity contribution is -0.141. The number of hydrogen-bond donors (Lipinski definition) is 2. The lowest BCUT2D eigenvalue weighted by Crippen LogP contribution is -2.36. The first-order chi connectivity index (χ1) is 7.24. The van der Waals surface area contributed by atoms with E-state index in [1.807, 2.05) is 0 Å². The van der Waals surface area contributed by atoms with Gasteiger partial charge in [-0.25, -0.2) is 0 Å². The van der Waals surface area contributed by atoms with E-state index in [0.717, 1.165) is 6.42 Å². The molecular formula is C11H22N2O3. The van der Waals surface area contributed by atoms with E-state index in [9.17, 15) is 9.59 Å². The van der Waals surface area contributed by atoms with Gasteiger partial charge in [0.1, 0.15) is 6.54 Å². The van der Waals surface area contributed by atoms with E-state index in [1.54, 1.807) is 0 Å². The van der Waals surface area contributed by atoms with Crippen molar-refractivity contribution in [2.75, 3.05) is 13.7 Å². The van der Waals surface area contributed by atoms with Gasteiger partial charge >= 0.3 is 5.97 Å². The van der Waals surface area contributed by atoms with Crippen molar-refractivity contribution in [3.05, 3.63) is 0 Å². The van der Waals surface area contributed by atoms with Gasteiger partial charge in [0.05, 0.1) is 7.11 Å². The van der Waals surface area contributed by atoms with Gasteiger partial charge in [0.15, 0.2) is 0 Å². The molecule has 1 amide bonds. The van der Waals surface area contributed by atoms with Gasteiger partial charge in [0.25, 0.3) is 0 Å². The van der Waals surface area contributed by atoms with Crippen molar-refractivity contribution in [1.29, 1.82) is 0 Å². The normalized spacial score (nSPS) is 13.1. The highest BCUT2D eigenvalue weighted by Gasteiger charge is 2.18. The minimum absolute atomic E-state index is 0.0993. The van der Waals surface area contributed by atoms with Crippen molar-refractivity contribution < 1.29 is 14.3 Å². The Morgan fingerprint density at radius 2 is 1.94 bits per heavy atom. The summed E-state index contributed by atoms with van der Waals surface area (Å²) in [5, 5.41) is 2.46. The molecule has 0 bridgehead atoms. The van der Waals surface area contributed by atoms with E-state index in [1.165, 1.54) is 7.11 Å². The van der Waals surface area contributed by atoms with Crippen LogP contribution in [0.5, 0.6) is 0 Å². The summed E-state index contributed by atoms with van der Waals surface area (Å²) in [6, 6.07) is -0.183. The van der Waals surface area contributed by atoms with E-state index in [4.69, 9.17) is 5.73 Å². The molecule has 94 valence electrons. The topological polar surface area (TPSA) is 81.4 Å². The van der Waals surface area contributed by atoms with E-state index in [2.05, 4.69) is 30.8 Å². The average Bonchev–Trinajstić information content (AvgIpc) is 2.10. The van der Waals surface area contributed by atoms with Crippen molar-refractivity contribution in [1.82, 2.24) is 5.32 Å². The van der Waals surface area contributed by atoms with Gasteiger partial charge in [-0.05, 0) is 11.8 Å². The standard InChI is InChI=1S/C11H22N2O3/c1-11(2,3)6-8(12)5-9(14)13-7-10(15)16-4/h8H,5-7,12H2,1-4H3,(H,13,14). The molecule has 3 N–H and O–H groups in total. The molecule has 0 saturated carbocycles. The Hall–Kier alpha value is -1.10. The maximum absolute atomic E-state index is 11.4. The largest absolute Gasteiger partial charge is 0.468 e. The maximum Gasteiger partial charge on any atom is 0.325 e. The zero-order valence-corrected chi connectivity index (χ0v) is 10.5. The van der Waals surface area contributed by atoms with Crippen LogP contribution in [0.1, 0.15) is 33.6 Å². The molecule has 5 nitrogen and oxygen atoms in total. The molecule has 0 aliphatic rings. The number of hydrogen-bond acceptors (Lipinski definition) is 4. The third kappa shape index (κ3) is 8.23. The van der Waals surface area contributed by atoms with Crippen LogP contribution in [0.25, 0.3) is 0 Å². The first-order valence-electron chi connectivity index (χ1n) is 5.33. The SMILES string of the molecule is COC(=O)CNC(=O)CC(N)CC(C)(C)C. The summed E-state index contributed by atoms with van der Waals surface area (Å²) in [6.45, 7) is 6.11. The Morgan fingerprint density at radius 1 is 1.38 bits per heavy atom. The minimum Gasteiger partial charge on any atom is -0.468 e. The molecule has 0 rings (SSSR count). The molecule has 0 aromatic heterocycles. The summed E-state index contributed by atoms with van der Waals surface area (Å²) in [6.07, 6.45) is 0.993. The van der Waals surface area contributed by atoms with E-state index in [-0.39, 0.29) is 30.3 Å². The summed E-state index contributed by atoms with van der Waals surface area (Å²) in [5.41, 5.74) is 5.92. The molecule has 1 unspecified atom stereocenters. The Balaban J connectivity index is 3.83. The summed E-state index contributed by atoms with van der Waals surface area (Å²) in [5.74, 6) is -0.681. The highest BCUT2D eigenvalue weighted by Crippen LogP contribution is 2.20. The van der Waals surface area contributed by atoms with Crippen molar-refractivity contribution in [3.8, 4) is 0 Å². The van der Waals surface area contributed by atoms with Crippen LogP contribution < -0.4 is 11.1 Å². The molecule has 1 atom stereocenters. The van der Waals surface area contributed by atoms with E-state index >= 15 is 0 Å². The molecular weight excluding hydrogens is 208 g/mol. The quantitative estimate of drug-likeness (QED) is 0.671. The minimum atomic E-state index is -0.460. The van der Waals surface area contributed by atoms with Gasteiger partial charge < -0.3 is 15.8 Å². The second kappa shape index (κ2) is 6.48. The fraction of sp³-hybridized carbons (Fsp3) is 0.818. The molecule has 0 aromatic carbocycles. The van der Waals surface area contributed by atoms with Crippen LogP contribution in [0.3, 0.4) is 0 Å². The van der Waals surface area contributed by atoms with Gasteiger partial charge in [-0.3, -0.25) is 9.59 Å². The average molecular weight is 230 g/mol. The van der Waals surface area contributed by atoms with Crippen LogP contribution in [-0.2, 0) is 14.3 Å². The molecule has 16 heavy (non-hydrogen) atoms. The molecule has 5 heteroatoms. The Kier molecular flexibility index (Phi) is 6.03. The van der Waals surface area contributed by atoms with Crippen LogP contribution in [0.2, 0.25) is 0 Å². The predicted molar refractivity (Wildman–Crippen MR) is 61.7 cm³/mol. The number of amides is 1. The zero-order valence-electron chi connectivity index (χ0n) is 10.5. The van der Waals surface area contributed by atoms with Gasteiger partial charge in [0.2, 0.25) is 5.91 Å². The number of nitrogens with one attached hydrogen (secondary N) is 1. The van der Waals surface area contributed by atoms with Crippen LogP contribution in [0, 0.1) is 5.41 Å². The van der Waals surface area contributed by atoms with Crippen LogP contribution in [-0.4, -0.2) is 31.6 Å². The molecule has 0 spiro atoms. The van der Waals surface area contributed by atoms with Crippen molar-refractivity contribution >= 4 is 11.9 Å². The number of ether oxygens (including phenoxy) is 1. The number of methoxy groups -OCH3 is 1. The van der Waals surface area contributed by atoms with Crippen molar-refractivity contribution in [2.24, 2.45) is 11.1 Å². The highest BCUT2D eigenvalue weighted by molar-refractivity contribution is 5.82. The molecule has 0 radical (unpaired) electrons. The number of carbonyl (C=O) groups is 2. The van der Waals surface area contributed by atoms with Crippen LogP contribution >= 0.6 is 0 Å². The molecule has 0 aromatic rings. The second-order valence-electron chi connectivity index (χ2n) is 5.08. The smallest absolute Gasteiger partial charge is 0.325 e. The van der Waals surface area contributed by atoms with Gasteiger partial charge in [0, 0.05) is 12.5 Å². The lowest BCUT2D eigenvalue weighted by Gasteiger charge is -2.22. The Bertz CT molecular complexity index is 246.